The van der Waals surface area contributed by atoms with Gasteiger partial charge in [0.15, 0.2) is 5.96 Å². The first kappa shape index (κ1) is 21.4. The van der Waals surface area contributed by atoms with Gasteiger partial charge in [0.2, 0.25) is 0 Å². The fourth-order valence-electron chi connectivity index (χ4n) is 3.87. The van der Waals surface area contributed by atoms with Crippen LogP contribution in [0.3, 0.4) is 0 Å². The molecule has 0 saturated heterocycles. The molecular weight excluding hydrogens is 396 g/mol. The van der Waals surface area contributed by atoms with E-state index in [2.05, 4.69) is 110 Å². The van der Waals surface area contributed by atoms with Gasteiger partial charge < -0.3 is 19.4 Å². The fourth-order valence-corrected chi connectivity index (χ4v) is 3.87. The third-order valence-electron chi connectivity index (χ3n) is 5.67. The summed E-state index contributed by atoms with van der Waals surface area (Å²) in [6, 6.07) is 21.5. The first-order chi connectivity index (χ1) is 15.6. The lowest BCUT2D eigenvalue weighted by atomic mass is 9.98. The van der Waals surface area contributed by atoms with Gasteiger partial charge in [-0.3, -0.25) is 4.99 Å². The zero-order valence-corrected chi connectivity index (χ0v) is 18.9. The maximum Gasteiger partial charge on any atom is 0.194 e. The Kier molecular flexibility index (Phi) is 6.70. The standard InChI is InChI=1S/C26H30N6/c1-27-26(31(3)19-24-8-6-15-30(24)2)29-17-23-7-4-5-9-25(23)22-12-10-21(11-13-22)18-32-16-14-28-20-32/h4-16,20H,17-19H2,1-3H3,(H,27,29). The predicted octanol–water partition coefficient (Wildman–Crippen LogP) is 4.14. The van der Waals surface area contributed by atoms with Gasteiger partial charge in [0.05, 0.1) is 12.9 Å². The third kappa shape index (κ3) is 5.09. The Morgan fingerprint density at radius 1 is 1.03 bits per heavy atom. The van der Waals surface area contributed by atoms with E-state index < -0.39 is 0 Å². The number of aromatic nitrogens is 3. The molecule has 0 aliphatic carbocycles. The van der Waals surface area contributed by atoms with Crippen molar-refractivity contribution in [2.24, 2.45) is 12.0 Å². The number of rotatable bonds is 7. The number of aryl methyl sites for hydroxylation is 1. The first-order valence-electron chi connectivity index (χ1n) is 10.8. The van der Waals surface area contributed by atoms with Crippen LogP contribution in [0.1, 0.15) is 16.8 Å². The molecule has 2 aromatic carbocycles. The SMILES string of the molecule is CN=C(NCc1ccccc1-c1ccc(Cn2ccnc2)cc1)N(C)Cc1cccn1C. The van der Waals surface area contributed by atoms with Crippen LogP contribution in [0, 0.1) is 0 Å². The van der Waals surface area contributed by atoms with Crippen molar-refractivity contribution in [3.63, 3.8) is 0 Å². The number of hydrogen-bond donors (Lipinski definition) is 1. The van der Waals surface area contributed by atoms with Crippen LogP contribution in [0.5, 0.6) is 0 Å². The van der Waals surface area contributed by atoms with Crippen LogP contribution in [0.4, 0.5) is 0 Å². The molecule has 32 heavy (non-hydrogen) atoms. The average Bonchev–Trinajstić information content (AvgIpc) is 3.47. The molecule has 4 aromatic rings. The highest BCUT2D eigenvalue weighted by Gasteiger charge is 2.10. The van der Waals surface area contributed by atoms with Crippen LogP contribution in [0.2, 0.25) is 0 Å². The molecular formula is C26H30N6. The van der Waals surface area contributed by atoms with E-state index >= 15 is 0 Å². The minimum absolute atomic E-state index is 0.705. The van der Waals surface area contributed by atoms with Crippen molar-refractivity contribution in [1.82, 2.24) is 24.3 Å². The number of benzene rings is 2. The van der Waals surface area contributed by atoms with Gasteiger partial charge in [-0.15, -0.1) is 0 Å². The molecule has 0 amide bonds. The lowest BCUT2D eigenvalue weighted by Gasteiger charge is -2.23. The molecule has 0 aliphatic rings. The van der Waals surface area contributed by atoms with Gasteiger partial charge in [0.1, 0.15) is 0 Å². The molecule has 164 valence electrons. The number of imidazole rings is 1. The van der Waals surface area contributed by atoms with E-state index in [1.165, 1.54) is 27.9 Å². The molecule has 0 fully saturated rings. The largest absolute Gasteiger partial charge is 0.353 e. The third-order valence-corrected chi connectivity index (χ3v) is 5.67. The predicted molar refractivity (Wildman–Crippen MR) is 130 cm³/mol. The summed E-state index contributed by atoms with van der Waals surface area (Å²) >= 11 is 0. The highest BCUT2D eigenvalue weighted by atomic mass is 15.3. The van der Waals surface area contributed by atoms with Crippen LogP contribution in [0.25, 0.3) is 11.1 Å². The second kappa shape index (κ2) is 10.0. The van der Waals surface area contributed by atoms with E-state index in [1.54, 1.807) is 0 Å². The number of guanidine groups is 1. The van der Waals surface area contributed by atoms with Gasteiger partial charge in [-0.2, -0.15) is 0 Å². The van der Waals surface area contributed by atoms with E-state index in [9.17, 15) is 0 Å². The molecule has 0 bridgehead atoms. The Labute approximate surface area is 189 Å². The van der Waals surface area contributed by atoms with Crippen molar-refractivity contribution >= 4 is 5.96 Å². The second-order valence-corrected chi connectivity index (χ2v) is 7.96. The van der Waals surface area contributed by atoms with Crippen LogP contribution in [-0.4, -0.2) is 39.1 Å². The molecule has 2 heterocycles. The molecule has 0 saturated carbocycles. The number of aliphatic imine (C=N–C) groups is 1. The van der Waals surface area contributed by atoms with Gasteiger partial charge in [0.25, 0.3) is 0 Å². The van der Waals surface area contributed by atoms with Crippen LogP contribution >= 0.6 is 0 Å². The smallest absolute Gasteiger partial charge is 0.194 e. The summed E-state index contributed by atoms with van der Waals surface area (Å²) in [4.78, 5) is 10.7. The van der Waals surface area contributed by atoms with Crippen molar-refractivity contribution in [3.8, 4) is 11.1 Å². The summed E-state index contributed by atoms with van der Waals surface area (Å²) < 4.78 is 4.21. The lowest BCUT2D eigenvalue weighted by molar-refractivity contribution is 0.462. The summed E-state index contributed by atoms with van der Waals surface area (Å²) in [7, 11) is 5.96. The number of hydrogen-bond acceptors (Lipinski definition) is 2. The Bertz CT molecular complexity index is 1160. The van der Waals surface area contributed by atoms with Gasteiger partial charge in [-0.05, 0) is 34.4 Å². The molecule has 0 atom stereocenters. The molecule has 4 rings (SSSR count). The van der Waals surface area contributed by atoms with Gasteiger partial charge in [-0.25, -0.2) is 4.98 Å². The van der Waals surface area contributed by atoms with Crippen LogP contribution < -0.4 is 5.32 Å². The highest BCUT2D eigenvalue weighted by molar-refractivity contribution is 5.80. The summed E-state index contributed by atoms with van der Waals surface area (Å²) in [5.41, 5.74) is 6.18. The summed E-state index contributed by atoms with van der Waals surface area (Å²) in [5.74, 6) is 0.872. The van der Waals surface area contributed by atoms with Crippen molar-refractivity contribution < 1.29 is 0 Å². The maximum atomic E-state index is 4.48. The molecule has 1 N–H and O–H groups in total. The maximum absolute atomic E-state index is 4.48. The Hall–Kier alpha value is -3.80. The van der Waals surface area contributed by atoms with Crippen molar-refractivity contribution in [2.45, 2.75) is 19.6 Å². The number of nitrogens with one attached hydrogen (secondary N) is 1. The molecule has 0 spiro atoms. The fraction of sp³-hybridized carbons (Fsp3) is 0.231. The average molecular weight is 427 g/mol. The molecule has 2 aromatic heterocycles. The van der Waals surface area contributed by atoms with E-state index in [-0.39, 0.29) is 0 Å². The van der Waals surface area contributed by atoms with Crippen molar-refractivity contribution in [1.29, 1.82) is 0 Å². The van der Waals surface area contributed by atoms with E-state index in [0.717, 1.165) is 19.0 Å². The van der Waals surface area contributed by atoms with Crippen molar-refractivity contribution in [3.05, 3.63) is 102 Å². The van der Waals surface area contributed by atoms with E-state index in [1.807, 2.05) is 25.8 Å². The van der Waals surface area contributed by atoms with Gasteiger partial charge in [-0.1, -0.05) is 48.5 Å². The number of nitrogens with zero attached hydrogens (tertiary/aromatic N) is 5. The summed E-state index contributed by atoms with van der Waals surface area (Å²) in [5, 5.41) is 3.53. The van der Waals surface area contributed by atoms with Crippen LogP contribution in [-0.2, 0) is 26.7 Å². The quantitative estimate of drug-likeness (QED) is 0.357. The zero-order valence-electron chi connectivity index (χ0n) is 18.9. The molecule has 0 aliphatic heterocycles. The topological polar surface area (TPSA) is 50.4 Å². The summed E-state index contributed by atoms with van der Waals surface area (Å²) in [6.45, 7) is 2.33. The highest BCUT2D eigenvalue weighted by Crippen LogP contribution is 2.24. The first-order valence-corrected chi connectivity index (χ1v) is 10.8. The minimum atomic E-state index is 0.705. The molecule has 6 heteroatoms. The van der Waals surface area contributed by atoms with Gasteiger partial charge >= 0.3 is 0 Å². The van der Waals surface area contributed by atoms with E-state index in [0.29, 0.717) is 6.54 Å². The zero-order chi connectivity index (χ0) is 22.3. The molecule has 0 radical (unpaired) electrons. The lowest BCUT2D eigenvalue weighted by Crippen LogP contribution is -2.38. The van der Waals surface area contributed by atoms with Crippen LogP contribution in [0.15, 0.2) is 90.6 Å². The Balaban J connectivity index is 1.44. The normalized spacial score (nSPS) is 11.5. The van der Waals surface area contributed by atoms with E-state index in [4.69, 9.17) is 0 Å². The minimum Gasteiger partial charge on any atom is -0.353 e. The Morgan fingerprint density at radius 3 is 2.53 bits per heavy atom. The molecule has 6 nitrogen and oxygen atoms in total. The summed E-state index contributed by atoms with van der Waals surface area (Å²) in [6.07, 6.45) is 7.70. The van der Waals surface area contributed by atoms with Crippen molar-refractivity contribution in [2.75, 3.05) is 14.1 Å². The monoisotopic (exact) mass is 426 g/mol. The Morgan fingerprint density at radius 2 is 1.84 bits per heavy atom. The second-order valence-electron chi connectivity index (χ2n) is 7.96. The molecule has 0 unspecified atom stereocenters. The van der Waals surface area contributed by atoms with Gasteiger partial charge in [0, 0.05) is 58.5 Å².